The largest absolute Gasteiger partial charge is 0.356 e. The van der Waals surface area contributed by atoms with Crippen molar-refractivity contribution in [2.24, 2.45) is 4.99 Å². The number of nitrogens with one attached hydrogen (secondary N) is 1. The molecule has 160 valence electrons. The van der Waals surface area contributed by atoms with Gasteiger partial charge in [0.25, 0.3) is 0 Å². The van der Waals surface area contributed by atoms with E-state index in [0.29, 0.717) is 26.1 Å². The van der Waals surface area contributed by atoms with E-state index in [1.807, 2.05) is 24.1 Å². The van der Waals surface area contributed by atoms with Gasteiger partial charge in [-0.1, -0.05) is 12.5 Å². The van der Waals surface area contributed by atoms with Crippen molar-refractivity contribution >= 4 is 17.8 Å². The van der Waals surface area contributed by atoms with E-state index < -0.39 is 0 Å². The normalized spacial score (nSPS) is 14.6. The number of unbranched alkanes of at least 4 members (excludes halogenated alkanes) is 3. The van der Waals surface area contributed by atoms with Gasteiger partial charge in [0.1, 0.15) is 0 Å². The van der Waals surface area contributed by atoms with E-state index in [1.165, 1.54) is 12.8 Å². The zero-order valence-electron chi connectivity index (χ0n) is 17.9. The van der Waals surface area contributed by atoms with Gasteiger partial charge in [-0.2, -0.15) is 0 Å². The highest BCUT2D eigenvalue weighted by atomic mass is 16.2. The van der Waals surface area contributed by atoms with Crippen LogP contribution in [-0.4, -0.2) is 85.0 Å². The number of carbonyl (C=O) groups excluding carboxylic acids is 1. The van der Waals surface area contributed by atoms with E-state index in [0.717, 1.165) is 44.4 Å². The number of amides is 1. The van der Waals surface area contributed by atoms with Gasteiger partial charge in [-0.05, 0) is 25.3 Å². The first-order valence-electron chi connectivity index (χ1n) is 10.5. The molecule has 8 nitrogen and oxygen atoms in total. The number of aliphatic imine (C=N–C) groups is 1. The number of allylic oxidation sites excluding steroid dienone is 1. The molecule has 2 heterocycles. The summed E-state index contributed by atoms with van der Waals surface area (Å²) in [4.78, 5) is 31.6. The number of hydrogen-bond acceptors (Lipinski definition) is 5. The number of piperazine rings is 1. The third-order valence-electron chi connectivity index (χ3n) is 5.06. The Balaban J connectivity index is 1.65. The maximum absolute atomic E-state index is 12.5. The monoisotopic (exact) mass is 401 g/mol. The molecule has 0 unspecified atom stereocenters. The summed E-state index contributed by atoms with van der Waals surface area (Å²) < 4.78 is 0. The van der Waals surface area contributed by atoms with Crippen molar-refractivity contribution in [3.63, 3.8) is 0 Å². The highest BCUT2D eigenvalue weighted by molar-refractivity contribution is 5.81. The molecule has 0 atom stereocenters. The van der Waals surface area contributed by atoms with Crippen LogP contribution in [0.2, 0.25) is 0 Å². The van der Waals surface area contributed by atoms with Crippen LogP contribution in [0.3, 0.4) is 0 Å². The second-order valence-corrected chi connectivity index (χ2v) is 7.20. The maximum atomic E-state index is 12.5. The molecule has 1 fully saturated rings. The Bertz CT molecular complexity index is 642. The molecule has 1 N–H and O–H groups in total. The van der Waals surface area contributed by atoms with Gasteiger partial charge in [0.15, 0.2) is 5.96 Å². The second-order valence-electron chi connectivity index (χ2n) is 7.20. The van der Waals surface area contributed by atoms with Crippen molar-refractivity contribution in [3.8, 4) is 0 Å². The van der Waals surface area contributed by atoms with Crippen LogP contribution in [0.1, 0.15) is 32.1 Å². The molecule has 0 radical (unpaired) electrons. The minimum atomic E-state index is 0.175. The molecule has 0 aliphatic carbocycles. The molecule has 0 bridgehead atoms. The molecule has 1 aromatic heterocycles. The molecule has 1 aliphatic rings. The van der Waals surface area contributed by atoms with Crippen LogP contribution in [0.25, 0.3) is 0 Å². The standard InChI is InChI=1S/C21H35N7O/c1-4-5-6-7-8-14-26(3)20(22-2)25-13-10-19(29)27-15-17-28(18-16-27)21-23-11-9-12-24-21/h4,9,11-12H,1,5-8,10,13-18H2,2-3H3,(H,22,25). The van der Waals surface area contributed by atoms with Crippen molar-refractivity contribution < 1.29 is 4.79 Å². The lowest BCUT2D eigenvalue weighted by Gasteiger charge is -2.34. The SMILES string of the molecule is C=CCCCCCN(C)C(=NC)NCCC(=O)N1CCN(c2ncccn2)CC1. The van der Waals surface area contributed by atoms with E-state index >= 15 is 0 Å². The lowest BCUT2D eigenvalue weighted by molar-refractivity contribution is -0.131. The Morgan fingerprint density at radius 3 is 2.62 bits per heavy atom. The third kappa shape index (κ3) is 7.71. The minimum absolute atomic E-state index is 0.175. The fourth-order valence-corrected chi connectivity index (χ4v) is 3.35. The molecule has 0 saturated carbocycles. The number of guanidine groups is 1. The van der Waals surface area contributed by atoms with Crippen molar-refractivity contribution in [3.05, 3.63) is 31.1 Å². The van der Waals surface area contributed by atoms with Crippen LogP contribution >= 0.6 is 0 Å². The van der Waals surface area contributed by atoms with Gasteiger partial charge in [0, 0.05) is 72.2 Å². The van der Waals surface area contributed by atoms with Crippen LogP contribution < -0.4 is 10.2 Å². The zero-order valence-corrected chi connectivity index (χ0v) is 17.9. The number of carbonyl (C=O) groups is 1. The summed E-state index contributed by atoms with van der Waals surface area (Å²) in [5.74, 6) is 1.75. The molecule has 1 aliphatic heterocycles. The molecule has 2 rings (SSSR count). The van der Waals surface area contributed by atoms with Crippen LogP contribution in [0.4, 0.5) is 5.95 Å². The number of anilines is 1. The van der Waals surface area contributed by atoms with Gasteiger partial charge in [0.05, 0.1) is 0 Å². The van der Waals surface area contributed by atoms with E-state index in [1.54, 1.807) is 19.4 Å². The lowest BCUT2D eigenvalue weighted by Crippen LogP contribution is -2.50. The molecular weight excluding hydrogens is 366 g/mol. The van der Waals surface area contributed by atoms with Gasteiger partial charge in [0.2, 0.25) is 11.9 Å². The molecule has 1 amide bonds. The molecule has 8 heteroatoms. The van der Waals surface area contributed by atoms with Crippen molar-refractivity contribution in [2.75, 3.05) is 58.3 Å². The van der Waals surface area contributed by atoms with E-state index in [-0.39, 0.29) is 5.91 Å². The maximum Gasteiger partial charge on any atom is 0.225 e. The minimum Gasteiger partial charge on any atom is -0.356 e. The summed E-state index contributed by atoms with van der Waals surface area (Å²) in [5.41, 5.74) is 0. The number of nitrogens with zero attached hydrogens (tertiary/aromatic N) is 6. The van der Waals surface area contributed by atoms with Gasteiger partial charge < -0.3 is 20.0 Å². The van der Waals surface area contributed by atoms with Crippen molar-refractivity contribution in [2.45, 2.75) is 32.1 Å². The Hall–Kier alpha value is -2.64. The predicted molar refractivity (Wildman–Crippen MR) is 118 cm³/mol. The Labute approximate surface area is 174 Å². The smallest absolute Gasteiger partial charge is 0.225 e. The van der Waals surface area contributed by atoms with Crippen LogP contribution in [0, 0.1) is 0 Å². The summed E-state index contributed by atoms with van der Waals surface area (Å²) in [6, 6.07) is 1.81. The van der Waals surface area contributed by atoms with Gasteiger partial charge in [-0.3, -0.25) is 9.79 Å². The predicted octanol–water partition coefficient (Wildman–Crippen LogP) is 1.77. The lowest BCUT2D eigenvalue weighted by atomic mass is 10.2. The zero-order chi connectivity index (χ0) is 20.9. The first-order valence-corrected chi connectivity index (χ1v) is 10.5. The highest BCUT2D eigenvalue weighted by Gasteiger charge is 2.22. The van der Waals surface area contributed by atoms with E-state index in [4.69, 9.17) is 0 Å². The number of rotatable bonds is 10. The summed E-state index contributed by atoms with van der Waals surface area (Å²) in [7, 11) is 3.82. The Morgan fingerprint density at radius 1 is 1.24 bits per heavy atom. The van der Waals surface area contributed by atoms with Crippen LogP contribution in [0.5, 0.6) is 0 Å². The summed E-state index contributed by atoms with van der Waals surface area (Å²) in [6.45, 7) is 8.24. The van der Waals surface area contributed by atoms with Crippen LogP contribution in [-0.2, 0) is 4.79 Å². The fraction of sp³-hybridized carbons (Fsp3) is 0.619. The first-order chi connectivity index (χ1) is 14.2. The van der Waals surface area contributed by atoms with Crippen molar-refractivity contribution in [1.82, 2.24) is 25.1 Å². The third-order valence-corrected chi connectivity index (χ3v) is 5.06. The topological polar surface area (TPSA) is 77.0 Å². The fourth-order valence-electron chi connectivity index (χ4n) is 3.35. The van der Waals surface area contributed by atoms with Gasteiger partial charge >= 0.3 is 0 Å². The second kappa shape index (κ2) is 12.7. The molecule has 29 heavy (non-hydrogen) atoms. The van der Waals surface area contributed by atoms with Gasteiger partial charge in [-0.15, -0.1) is 6.58 Å². The van der Waals surface area contributed by atoms with Crippen molar-refractivity contribution in [1.29, 1.82) is 0 Å². The average molecular weight is 402 g/mol. The molecule has 0 aromatic carbocycles. The van der Waals surface area contributed by atoms with Gasteiger partial charge in [-0.25, -0.2) is 9.97 Å². The highest BCUT2D eigenvalue weighted by Crippen LogP contribution is 2.10. The van der Waals surface area contributed by atoms with E-state index in [9.17, 15) is 4.79 Å². The van der Waals surface area contributed by atoms with Crippen LogP contribution in [0.15, 0.2) is 36.1 Å². The Kier molecular flexibility index (Phi) is 9.95. The summed E-state index contributed by atoms with van der Waals surface area (Å²) in [6.07, 6.45) is 10.5. The summed E-state index contributed by atoms with van der Waals surface area (Å²) >= 11 is 0. The number of hydrogen-bond donors (Lipinski definition) is 1. The average Bonchev–Trinajstić information content (AvgIpc) is 2.77. The quantitative estimate of drug-likeness (QED) is 0.279. The molecule has 1 saturated heterocycles. The molecule has 1 aromatic rings. The number of aromatic nitrogens is 2. The summed E-state index contributed by atoms with van der Waals surface area (Å²) in [5, 5.41) is 3.31. The first kappa shape index (κ1) is 22.6. The molecule has 0 spiro atoms. The Morgan fingerprint density at radius 2 is 1.97 bits per heavy atom. The van der Waals surface area contributed by atoms with E-state index in [2.05, 4.69) is 36.7 Å². The molecular formula is C21H35N7O.